The lowest BCUT2D eigenvalue weighted by Gasteiger charge is -2.33. The van der Waals surface area contributed by atoms with Crippen molar-refractivity contribution in [1.82, 2.24) is 5.32 Å². The predicted octanol–water partition coefficient (Wildman–Crippen LogP) is 4.76. The van der Waals surface area contributed by atoms with Crippen LogP contribution in [0.15, 0.2) is 78.9 Å². The smallest absolute Gasteiger partial charge is 0.247 e. The lowest BCUT2D eigenvalue weighted by Crippen LogP contribution is -2.40. The molecule has 1 amide bonds. The van der Waals surface area contributed by atoms with E-state index in [9.17, 15) is 9.18 Å². The molecule has 0 heterocycles. The number of likely N-dealkylation sites (N-methyl/N-ethyl adjacent to an activating group) is 1. The van der Waals surface area contributed by atoms with Crippen LogP contribution in [0.5, 0.6) is 5.75 Å². The summed E-state index contributed by atoms with van der Waals surface area (Å²) in [5.41, 5.74) is 2.90. The molecule has 156 valence electrons. The Kier molecular flexibility index (Phi) is 7.44. The Morgan fingerprint density at radius 1 is 1.00 bits per heavy atom. The van der Waals surface area contributed by atoms with Crippen molar-refractivity contribution in [2.45, 2.75) is 18.9 Å². The van der Waals surface area contributed by atoms with E-state index in [0.29, 0.717) is 6.54 Å². The second-order valence-corrected chi connectivity index (χ2v) is 7.05. The predicted molar refractivity (Wildman–Crippen MR) is 118 cm³/mol. The Morgan fingerprint density at radius 2 is 1.67 bits per heavy atom. The van der Waals surface area contributed by atoms with Crippen molar-refractivity contribution in [2.75, 3.05) is 25.6 Å². The van der Waals surface area contributed by atoms with Crippen LogP contribution in [0.25, 0.3) is 0 Å². The van der Waals surface area contributed by atoms with Gasteiger partial charge < -0.3 is 15.0 Å². The van der Waals surface area contributed by atoms with Gasteiger partial charge in [-0.3, -0.25) is 4.79 Å². The molecule has 3 aromatic rings. The second kappa shape index (κ2) is 10.4. The number of aryl methyl sites for hydroxylation is 1. The van der Waals surface area contributed by atoms with Crippen molar-refractivity contribution in [1.29, 1.82) is 0 Å². The number of ether oxygens (including phenoxy) is 1. The maximum atomic E-state index is 13.5. The number of benzene rings is 3. The highest BCUT2D eigenvalue weighted by atomic mass is 19.1. The molecule has 0 unspecified atom stereocenters. The second-order valence-electron chi connectivity index (χ2n) is 7.05. The van der Waals surface area contributed by atoms with Gasteiger partial charge in [-0.15, -0.1) is 0 Å². The Labute approximate surface area is 177 Å². The van der Waals surface area contributed by atoms with Crippen LogP contribution in [-0.2, 0) is 11.2 Å². The van der Waals surface area contributed by atoms with Crippen molar-refractivity contribution < 1.29 is 13.9 Å². The molecule has 0 aliphatic heterocycles. The van der Waals surface area contributed by atoms with E-state index >= 15 is 0 Å². The van der Waals surface area contributed by atoms with Gasteiger partial charge in [0.05, 0.1) is 7.11 Å². The summed E-state index contributed by atoms with van der Waals surface area (Å²) in [4.78, 5) is 14.9. The fourth-order valence-corrected chi connectivity index (χ4v) is 3.53. The average molecular weight is 407 g/mol. The molecule has 0 radical (unpaired) electrons. The number of rotatable bonds is 9. The van der Waals surface area contributed by atoms with Gasteiger partial charge in [-0.2, -0.15) is 0 Å². The van der Waals surface area contributed by atoms with Crippen molar-refractivity contribution in [3.8, 4) is 5.75 Å². The van der Waals surface area contributed by atoms with E-state index in [2.05, 4.69) is 17.4 Å². The van der Waals surface area contributed by atoms with E-state index < -0.39 is 6.04 Å². The van der Waals surface area contributed by atoms with Gasteiger partial charge in [0.1, 0.15) is 17.6 Å². The minimum absolute atomic E-state index is 0.102. The van der Waals surface area contributed by atoms with E-state index in [0.717, 1.165) is 29.8 Å². The molecule has 0 spiro atoms. The standard InChI is InChI=1S/C25H27FN2O2/c1-27-25(29)24(20-8-4-3-5-9-20)28(22-14-12-21(26)13-15-22)18-6-7-19-10-16-23(30-2)17-11-19/h3-5,8-17,24H,6-7,18H2,1-2H3,(H,27,29)/t24-/m0/s1. The fourth-order valence-electron chi connectivity index (χ4n) is 3.53. The van der Waals surface area contributed by atoms with E-state index in [-0.39, 0.29) is 11.7 Å². The Balaban J connectivity index is 1.84. The zero-order chi connectivity index (χ0) is 21.3. The van der Waals surface area contributed by atoms with Gasteiger partial charge >= 0.3 is 0 Å². The van der Waals surface area contributed by atoms with Crippen LogP contribution in [-0.4, -0.2) is 26.6 Å². The molecule has 30 heavy (non-hydrogen) atoms. The van der Waals surface area contributed by atoms with Crippen LogP contribution in [0.1, 0.15) is 23.6 Å². The molecule has 3 rings (SSSR count). The summed E-state index contributed by atoms with van der Waals surface area (Å²) < 4.78 is 18.7. The minimum Gasteiger partial charge on any atom is -0.497 e. The molecule has 0 bridgehead atoms. The maximum absolute atomic E-state index is 13.5. The number of halogens is 1. The van der Waals surface area contributed by atoms with Crippen molar-refractivity contribution in [3.05, 3.63) is 95.8 Å². The summed E-state index contributed by atoms with van der Waals surface area (Å²) in [5.74, 6) is 0.429. The van der Waals surface area contributed by atoms with Crippen LogP contribution >= 0.6 is 0 Å². The largest absolute Gasteiger partial charge is 0.497 e. The third-order valence-electron chi connectivity index (χ3n) is 5.10. The van der Waals surface area contributed by atoms with Crippen LogP contribution in [0, 0.1) is 5.82 Å². The molecular weight excluding hydrogens is 379 g/mol. The number of carbonyl (C=O) groups is 1. The van der Waals surface area contributed by atoms with E-state index in [1.165, 1.54) is 17.7 Å². The van der Waals surface area contributed by atoms with Crippen LogP contribution in [0.4, 0.5) is 10.1 Å². The Bertz CT molecular complexity index is 928. The Morgan fingerprint density at radius 3 is 2.27 bits per heavy atom. The highest BCUT2D eigenvalue weighted by molar-refractivity contribution is 5.86. The van der Waals surface area contributed by atoms with Crippen molar-refractivity contribution >= 4 is 11.6 Å². The van der Waals surface area contributed by atoms with Gasteiger partial charge in [-0.1, -0.05) is 42.5 Å². The van der Waals surface area contributed by atoms with Crippen molar-refractivity contribution in [3.63, 3.8) is 0 Å². The van der Waals surface area contributed by atoms with Gasteiger partial charge in [-0.05, 0) is 60.4 Å². The summed E-state index contributed by atoms with van der Waals surface area (Å²) in [5, 5.41) is 2.78. The third-order valence-corrected chi connectivity index (χ3v) is 5.10. The third kappa shape index (κ3) is 5.38. The number of methoxy groups -OCH3 is 1. The number of hydrogen-bond donors (Lipinski definition) is 1. The number of anilines is 1. The molecule has 5 heteroatoms. The summed E-state index contributed by atoms with van der Waals surface area (Å²) >= 11 is 0. The summed E-state index contributed by atoms with van der Waals surface area (Å²) in [6.07, 6.45) is 1.70. The molecular formula is C25H27FN2O2. The summed E-state index contributed by atoms with van der Waals surface area (Å²) in [7, 11) is 3.29. The van der Waals surface area contributed by atoms with Gasteiger partial charge in [0.25, 0.3) is 0 Å². The van der Waals surface area contributed by atoms with Crippen LogP contribution < -0.4 is 15.0 Å². The molecule has 0 aliphatic carbocycles. The maximum Gasteiger partial charge on any atom is 0.247 e. The number of nitrogens with zero attached hydrogens (tertiary/aromatic N) is 1. The first-order valence-corrected chi connectivity index (χ1v) is 10.0. The molecule has 3 aromatic carbocycles. The average Bonchev–Trinajstić information content (AvgIpc) is 2.80. The minimum atomic E-state index is -0.502. The number of carbonyl (C=O) groups excluding carboxylic acids is 1. The highest BCUT2D eigenvalue weighted by Crippen LogP contribution is 2.28. The Hall–Kier alpha value is -3.34. The van der Waals surface area contributed by atoms with Crippen LogP contribution in [0.3, 0.4) is 0 Å². The normalized spacial score (nSPS) is 11.6. The number of hydrogen-bond acceptors (Lipinski definition) is 3. The van der Waals surface area contributed by atoms with Gasteiger partial charge in [0.2, 0.25) is 5.91 Å². The highest BCUT2D eigenvalue weighted by Gasteiger charge is 2.27. The van der Waals surface area contributed by atoms with Gasteiger partial charge in [-0.25, -0.2) is 4.39 Å². The number of amides is 1. The summed E-state index contributed by atoms with van der Waals surface area (Å²) in [6.45, 7) is 0.643. The SMILES string of the molecule is CNC(=O)[C@H](c1ccccc1)N(CCCc1ccc(OC)cc1)c1ccc(F)cc1. The quantitative estimate of drug-likeness (QED) is 0.557. The topological polar surface area (TPSA) is 41.6 Å². The lowest BCUT2D eigenvalue weighted by molar-refractivity contribution is -0.122. The molecule has 0 aliphatic rings. The number of nitrogens with one attached hydrogen (secondary N) is 1. The molecule has 0 fully saturated rings. The first-order chi connectivity index (χ1) is 14.6. The molecule has 1 atom stereocenters. The van der Waals surface area contributed by atoms with Crippen molar-refractivity contribution in [2.24, 2.45) is 0 Å². The zero-order valence-electron chi connectivity index (χ0n) is 17.3. The van der Waals surface area contributed by atoms with E-state index in [1.54, 1.807) is 26.3 Å². The van der Waals surface area contributed by atoms with Gasteiger partial charge in [0, 0.05) is 19.3 Å². The fraction of sp³-hybridized carbons (Fsp3) is 0.240. The molecule has 0 saturated carbocycles. The molecule has 0 saturated heterocycles. The lowest BCUT2D eigenvalue weighted by atomic mass is 10.0. The molecule has 4 nitrogen and oxygen atoms in total. The van der Waals surface area contributed by atoms with Gasteiger partial charge in [0.15, 0.2) is 0 Å². The molecule has 0 aromatic heterocycles. The van der Waals surface area contributed by atoms with E-state index in [1.807, 2.05) is 47.4 Å². The molecule has 1 N–H and O–H groups in total. The monoisotopic (exact) mass is 406 g/mol. The zero-order valence-corrected chi connectivity index (χ0v) is 17.3. The van der Waals surface area contributed by atoms with Crippen LogP contribution in [0.2, 0.25) is 0 Å². The first-order valence-electron chi connectivity index (χ1n) is 10.0. The summed E-state index contributed by atoms with van der Waals surface area (Å²) in [6, 6.07) is 23.5. The first kappa shape index (κ1) is 21.4. The van der Waals surface area contributed by atoms with E-state index in [4.69, 9.17) is 4.74 Å².